The van der Waals surface area contributed by atoms with Gasteiger partial charge in [0.2, 0.25) is 0 Å². The van der Waals surface area contributed by atoms with Crippen molar-refractivity contribution < 1.29 is 13.9 Å². The van der Waals surface area contributed by atoms with Crippen LogP contribution in [0.1, 0.15) is 66.9 Å². The van der Waals surface area contributed by atoms with E-state index in [9.17, 15) is 18.7 Å². The highest BCUT2D eigenvalue weighted by Gasteiger charge is 2.42. The Morgan fingerprint density at radius 3 is 2.57 bits per heavy atom. The average molecular weight is 527 g/mol. The highest BCUT2D eigenvalue weighted by molar-refractivity contribution is 6.31. The molecule has 0 radical (unpaired) electrons. The summed E-state index contributed by atoms with van der Waals surface area (Å²) in [5.74, 6) is 0.198. The van der Waals surface area contributed by atoms with Crippen molar-refractivity contribution in [1.82, 2.24) is 29.3 Å². The lowest BCUT2D eigenvalue weighted by Crippen LogP contribution is -2.23. The molecule has 192 valence electrons. The van der Waals surface area contributed by atoms with Crippen LogP contribution in [0.5, 0.6) is 0 Å². The molecule has 0 aromatic carbocycles. The molecule has 0 saturated heterocycles. The van der Waals surface area contributed by atoms with Crippen LogP contribution < -0.4 is 5.56 Å². The second-order valence-corrected chi connectivity index (χ2v) is 10.2. The van der Waals surface area contributed by atoms with Crippen LogP contribution in [0.15, 0.2) is 47.8 Å². The van der Waals surface area contributed by atoms with Crippen molar-refractivity contribution in [3.05, 3.63) is 86.6 Å². The molecule has 0 unspecified atom stereocenters. The molecule has 0 spiro atoms. The summed E-state index contributed by atoms with van der Waals surface area (Å²) in [7, 11) is 0. The summed E-state index contributed by atoms with van der Waals surface area (Å²) >= 11 is 6.61. The summed E-state index contributed by atoms with van der Waals surface area (Å²) in [6.45, 7) is 4.17. The molecule has 1 aliphatic carbocycles. The number of hydrogen-bond donors (Lipinski definition) is 1. The monoisotopic (exact) mass is 526 g/mol. The molecule has 0 bridgehead atoms. The van der Waals surface area contributed by atoms with Crippen LogP contribution in [0.25, 0.3) is 17.1 Å². The van der Waals surface area contributed by atoms with E-state index in [4.69, 9.17) is 11.6 Å². The molecule has 1 fully saturated rings. The first-order chi connectivity index (χ1) is 17.5. The van der Waals surface area contributed by atoms with E-state index in [1.807, 2.05) is 19.9 Å². The third kappa shape index (κ3) is 4.67. The zero-order valence-electron chi connectivity index (χ0n) is 20.7. The Kier molecular flexibility index (Phi) is 6.19. The summed E-state index contributed by atoms with van der Waals surface area (Å²) in [5, 5.41) is 14.1. The lowest BCUT2D eigenvalue weighted by atomic mass is 10.1. The van der Waals surface area contributed by atoms with Gasteiger partial charge in [-0.2, -0.15) is 13.9 Å². The van der Waals surface area contributed by atoms with Gasteiger partial charge in [0, 0.05) is 24.3 Å². The molecule has 5 rings (SSSR count). The third-order valence-corrected chi connectivity index (χ3v) is 6.96. The summed E-state index contributed by atoms with van der Waals surface area (Å²) in [6, 6.07) is 5.32. The molecule has 0 aliphatic heterocycles. The lowest BCUT2D eigenvalue weighted by molar-refractivity contribution is 0.0565. The SMILES string of the molecule is Cc1cnc(-c2ccnc(C(C)(C)O)n2)cc1-n1c(C)cc([C@@H]2C[C@H]2c2cnn(C(F)F)c2)c(Cl)c1=O. The van der Waals surface area contributed by atoms with Gasteiger partial charge in [0.25, 0.3) is 5.56 Å². The van der Waals surface area contributed by atoms with Gasteiger partial charge in [0.15, 0.2) is 5.82 Å². The molecular formula is C26H25ClF2N6O2. The summed E-state index contributed by atoms with van der Waals surface area (Å²) < 4.78 is 28.0. The minimum absolute atomic E-state index is 0.0170. The number of nitrogens with zero attached hydrogens (tertiary/aromatic N) is 6. The van der Waals surface area contributed by atoms with Gasteiger partial charge in [-0.15, -0.1) is 0 Å². The van der Waals surface area contributed by atoms with E-state index in [-0.39, 0.29) is 28.2 Å². The van der Waals surface area contributed by atoms with Crippen LogP contribution in [0, 0.1) is 13.8 Å². The molecule has 1 aliphatic rings. The summed E-state index contributed by atoms with van der Waals surface area (Å²) in [5.41, 5.74) is 2.88. The first kappa shape index (κ1) is 25.2. The van der Waals surface area contributed by atoms with Crippen LogP contribution in [0.2, 0.25) is 5.02 Å². The molecule has 11 heteroatoms. The number of halogens is 3. The van der Waals surface area contributed by atoms with Crippen LogP contribution in [-0.4, -0.2) is 34.4 Å². The smallest absolute Gasteiger partial charge is 0.333 e. The predicted molar refractivity (Wildman–Crippen MR) is 134 cm³/mol. The Morgan fingerprint density at radius 1 is 1.14 bits per heavy atom. The number of alkyl halides is 2. The molecule has 2 atom stereocenters. The first-order valence-electron chi connectivity index (χ1n) is 11.7. The third-order valence-electron chi connectivity index (χ3n) is 6.58. The van der Waals surface area contributed by atoms with Gasteiger partial charge in [-0.05, 0) is 80.8 Å². The van der Waals surface area contributed by atoms with Gasteiger partial charge in [0.05, 0.1) is 23.3 Å². The van der Waals surface area contributed by atoms with Gasteiger partial charge in [0.1, 0.15) is 10.6 Å². The van der Waals surface area contributed by atoms with Gasteiger partial charge in [-0.25, -0.2) is 14.6 Å². The highest BCUT2D eigenvalue weighted by Crippen LogP contribution is 2.55. The Bertz CT molecular complexity index is 1560. The maximum atomic E-state index is 13.5. The second-order valence-electron chi connectivity index (χ2n) is 9.86. The van der Waals surface area contributed by atoms with Crippen molar-refractivity contribution in [2.24, 2.45) is 0 Å². The Morgan fingerprint density at radius 2 is 1.89 bits per heavy atom. The highest BCUT2D eigenvalue weighted by atomic mass is 35.5. The molecule has 4 aromatic heterocycles. The maximum absolute atomic E-state index is 13.5. The van der Waals surface area contributed by atoms with Crippen LogP contribution in [-0.2, 0) is 5.60 Å². The van der Waals surface area contributed by atoms with Gasteiger partial charge in [-0.3, -0.25) is 14.3 Å². The Labute approximate surface area is 216 Å². The van der Waals surface area contributed by atoms with Crippen LogP contribution in [0.4, 0.5) is 8.78 Å². The molecule has 0 amide bonds. The number of aryl methyl sites for hydroxylation is 2. The molecule has 8 nitrogen and oxygen atoms in total. The minimum atomic E-state index is -2.70. The molecular weight excluding hydrogens is 502 g/mol. The number of aliphatic hydroxyl groups is 1. The van der Waals surface area contributed by atoms with Crippen molar-refractivity contribution in [2.45, 2.75) is 58.1 Å². The number of aromatic nitrogens is 6. The fourth-order valence-electron chi connectivity index (χ4n) is 4.55. The molecule has 4 aromatic rings. The van der Waals surface area contributed by atoms with Crippen molar-refractivity contribution in [2.75, 3.05) is 0 Å². The van der Waals surface area contributed by atoms with E-state index in [1.54, 1.807) is 38.4 Å². The maximum Gasteiger partial charge on any atom is 0.333 e. The quantitative estimate of drug-likeness (QED) is 0.377. The summed E-state index contributed by atoms with van der Waals surface area (Å²) in [4.78, 5) is 26.6. The number of rotatable bonds is 6. The average Bonchev–Trinajstić information content (AvgIpc) is 3.48. The van der Waals surface area contributed by atoms with E-state index in [1.165, 1.54) is 17.0 Å². The van der Waals surface area contributed by atoms with Crippen LogP contribution in [0.3, 0.4) is 0 Å². The minimum Gasteiger partial charge on any atom is -0.382 e. The van der Waals surface area contributed by atoms with E-state index < -0.39 is 12.2 Å². The van der Waals surface area contributed by atoms with Gasteiger partial charge < -0.3 is 5.11 Å². The first-order valence-corrected chi connectivity index (χ1v) is 12.1. The topological polar surface area (TPSA) is 98.7 Å². The van der Waals surface area contributed by atoms with Gasteiger partial charge >= 0.3 is 6.55 Å². The van der Waals surface area contributed by atoms with E-state index >= 15 is 0 Å². The fraction of sp³-hybridized carbons (Fsp3) is 0.346. The fourth-order valence-corrected chi connectivity index (χ4v) is 4.83. The normalized spacial score (nSPS) is 17.4. The molecule has 37 heavy (non-hydrogen) atoms. The van der Waals surface area contributed by atoms with E-state index in [0.717, 1.165) is 5.56 Å². The van der Waals surface area contributed by atoms with Crippen molar-refractivity contribution in [3.8, 4) is 17.1 Å². The van der Waals surface area contributed by atoms with Crippen molar-refractivity contribution in [1.29, 1.82) is 0 Å². The number of pyridine rings is 2. The predicted octanol–water partition coefficient (Wildman–Crippen LogP) is 5.05. The molecule has 1 saturated carbocycles. The standard InChI is InChI=1S/C26H25ClF2N6O2/c1-13-10-31-20(19-5-6-30-24(33-19)26(3,4)37)9-21(13)35-14(2)7-18(22(27)23(35)36)17-8-16(17)15-11-32-34(12-15)25(28)29/h5-7,9-12,16-17,25,37H,8H2,1-4H3/t16-,17+/m0/s1. The lowest BCUT2D eigenvalue weighted by Gasteiger charge is -2.17. The van der Waals surface area contributed by atoms with Gasteiger partial charge in [-0.1, -0.05) is 11.6 Å². The largest absolute Gasteiger partial charge is 0.382 e. The molecule has 4 heterocycles. The van der Waals surface area contributed by atoms with Crippen LogP contribution >= 0.6 is 11.6 Å². The van der Waals surface area contributed by atoms with Crippen molar-refractivity contribution >= 4 is 11.6 Å². The number of hydrogen-bond acceptors (Lipinski definition) is 6. The van der Waals surface area contributed by atoms with E-state index in [0.29, 0.717) is 45.0 Å². The zero-order chi connectivity index (χ0) is 26.6. The molecule has 1 N–H and O–H groups in total. The van der Waals surface area contributed by atoms with E-state index in [2.05, 4.69) is 20.1 Å². The second kappa shape index (κ2) is 9.11. The zero-order valence-corrected chi connectivity index (χ0v) is 21.4. The Hall–Kier alpha value is -3.50. The van der Waals surface area contributed by atoms with Crippen molar-refractivity contribution in [3.63, 3.8) is 0 Å². The summed E-state index contributed by atoms with van der Waals surface area (Å²) in [6.07, 6.45) is 6.69. The Balaban J connectivity index is 1.51.